The molecule has 1 N–H and O–H groups in total. The van der Waals surface area contributed by atoms with Crippen molar-refractivity contribution in [1.29, 1.82) is 0 Å². The normalized spacial score (nSPS) is 16.7. The van der Waals surface area contributed by atoms with Crippen molar-refractivity contribution in [3.8, 4) is 0 Å². The van der Waals surface area contributed by atoms with Gasteiger partial charge in [0.25, 0.3) is 0 Å². The fourth-order valence-electron chi connectivity index (χ4n) is 3.20. The number of carbonyl (C=O) groups excluding carboxylic acids is 2. The topological polar surface area (TPSA) is 67.9 Å². The number of allylic oxidation sites excluding steroid dienone is 1. The van der Waals surface area contributed by atoms with Gasteiger partial charge in [-0.3, -0.25) is 0 Å². The van der Waals surface area contributed by atoms with E-state index in [9.17, 15) is 9.59 Å². The highest BCUT2D eigenvalue weighted by atomic mass is 16.5. The van der Waals surface area contributed by atoms with Gasteiger partial charge in [-0.15, -0.1) is 0 Å². The number of rotatable bonds is 6. The summed E-state index contributed by atoms with van der Waals surface area (Å²) in [5.74, 6) is -0.873. The quantitative estimate of drug-likeness (QED) is 0.774. The van der Waals surface area contributed by atoms with Crippen LogP contribution in [0.4, 0.5) is 5.69 Å². The van der Waals surface area contributed by atoms with Crippen LogP contribution in [0.1, 0.15) is 39.3 Å². The molecule has 0 aromatic heterocycles. The molecule has 0 spiro atoms. The van der Waals surface area contributed by atoms with Crippen LogP contribution in [0.5, 0.6) is 0 Å². The number of anilines is 1. The minimum atomic E-state index is -0.441. The van der Waals surface area contributed by atoms with Crippen molar-refractivity contribution in [2.75, 3.05) is 32.2 Å². The van der Waals surface area contributed by atoms with Gasteiger partial charge in [0.2, 0.25) is 0 Å². The van der Waals surface area contributed by atoms with Crippen LogP contribution in [-0.2, 0) is 19.1 Å². The molecule has 146 valence electrons. The van der Waals surface area contributed by atoms with Gasteiger partial charge in [-0.25, -0.2) is 9.59 Å². The molecule has 6 nitrogen and oxygen atoms in total. The number of benzene rings is 1. The van der Waals surface area contributed by atoms with E-state index in [0.717, 1.165) is 11.3 Å². The van der Waals surface area contributed by atoms with Crippen molar-refractivity contribution in [2.24, 2.45) is 0 Å². The summed E-state index contributed by atoms with van der Waals surface area (Å²) in [4.78, 5) is 27.1. The van der Waals surface area contributed by atoms with Crippen molar-refractivity contribution in [3.05, 3.63) is 52.2 Å². The van der Waals surface area contributed by atoms with Gasteiger partial charge in [-0.1, -0.05) is 12.1 Å². The Kier molecular flexibility index (Phi) is 6.66. The second-order valence-electron chi connectivity index (χ2n) is 6.54. The molecule has 0 bridgehead atoms. The lowest BCUT2D eigenvalue weighted by Crippen LogP contribution is -2.34. The Hall–Kier alpha value is -2.76. The van der Waals surface area contributed by atoms with E-state index in [1.165, 1.54) is 0 Å². The molecule has 0 saturated carbocycles. The molecule has 1 heterocycles. The molecular formula is C21H28N2O4. The molecular weight excluding hydrogens is 344 g/mol. The Morgan fingerprint density at radius 3 is 2.07 bits per heavy atom. The summed E-state index contributed by atoms with van der Waals surface area (Å²) in [5.41, 5.74) is 4.08. The predicted molar refractivity (Wildman–Crippen MR) is 105 cm³/mol. The van der Waals surface area contributed by atoms with Crippen molar-refractivity contribution < 1.29 is 19.1 Å². The van der Waals surface area contributed by atoms with E-state index < -0.39 is 18.0 Å². The average molecular weight is 372 g/mol. The van der Waals surface area contributed by atoms with Crippen LogP contribution in [-0.4, -0.2) is 39.2 Å². The summed E-state index contributed by atoms with van der Waals surface area (Å²) >= 11 is 0. The fourth-order valence-corrected chi connectivity index (χ4v) is 3.20. The van der Waals surface area contributed by atoms with Crippen molar-refractivity contribution >= 4 is 17.6 Å². The summed E-state index contributed by atoms with van der Waals surface area (Å²) in [7, 11) is 3.95. The summed E-state index contributed by atoms with van der Waals surface area (Å²) in [6, 6.07) is 7.55. The van der Waals surface area contributed by atoms with E-state index >= 15 is 0 Å². The third-order valence-electron chi connectivity index (χ3n) is 4.52. The largest absolute Gasteiger partial charge is 0.463 e. The number of hydrogen-bond donors (Lipinski definition) is 1. The first-order valence-electron chi connectivity index (χ1n) is 9.11. The highest BCUT2D eigenvalue weighted by Gasteiger charge is 2.34. The molecule has 1 aliphatic heterocycles. The maximum atomic E-state index is 12.7. The molecule has 1 aromatic rings. The van der Waals surface area contributed by atoms with Crippen LogP contribution in [0.2, 0.25) is 0 Å². The zero-order valence-corrected chi connectivity index (χ0v) is 16.9. The number of carbonyl (C=O) groups is 2. The minimum Gasteiger partial charge on any atom is -0.463 e. The molecule has 0 fully saturated rings. The van der Waals surface area contributed by atoms with Gasteiger partial charge in [0.05, 0.1) is 30.4 Å². The average Bonchev–Trinajstić information content (AvgIpc) is 2.61. The molecule has 0 radical (unpaired) electrons. The second kappa shape index (κ2) is 8.75. The molecule has 1 atom stereocenters. The zero-order chi connectivity index (χ0) is 20.1. The second-order valence-corrected chi connectivity index (χ2v) is 6.54. The van der Waals surface area contributed by atoms with Gasteiger partial charge in [-0.2, -0.15) is 0 Å². The summed E-state index contributed by atoms with van der Waals surface area (Å²) in [6.45, 7) is 7.64. The molecule has 0 aliphatic carbocycles. The number of esters is 2. The van der Waals surface area contributed by atoms with E-state index in [1.807, 2.05) is 50.2 Å². The molecule has 1 aliphatic rings. The van der Waals surface area contributed by atoms with Crippen LogP contribution in [0.25, 0.3) is 0 Å². The first-order valence-corrected chi connectivity index (χ1v) is 9.11. The fraction of sp³-hybridized carbons (Fsp3) is 0.429. The van der Waals surface area contributed by atoms with Gasteiger partial charge < -0.3 is 19.7 Å². The third kappa shape index (κ3) is 4.32. The first-order chi connectivity index (χ1) is 12.8. The van der Waals surface area contributed by atoms with Crippen LogP contribution in [0, 0.1) is 0 Å². The highest BCUT2D eigenvalue weighted by Crippen LogP contribution is 2.35. The Labute approximate surface area is 160 Å². The Morgan fingerprint density at radius 1 is 1.00 bits per heavy atom. The molecule has 27 heavy (non-hydrogen) atoms. The molecule has 2 rings (SSSR count). The van der Waals surface area contributed by atoms with Crippen molar-refractivity contribution in [3.63, 3.8) is 0 Å². The van der Waals surface area contributed by atoms with Gasteiger partial charge in [0.1, 0.15) is 0 Å². The number of hydrogen-bond acceptors (Lipinski definition) is 6. The highest BCUT2D eigenvalue weighted by molar-refractivity contribution is 6.00. The van der Waals surface area contributed by atoms with E-state index in [2.05, 4.69) is 5.32 Å². The lowest BCUT2D eigenvalue weighted by Gasteiger charge is -2.30. The molecule has 0 saturated heterocycles. The van der Waals surface area contributed by atoms with Crippen LogP contribution >= 0.6 is 0 Å². The number of dihydropyridines is 1. The SMILES string of the molecule is CCOC(=O)C1=C(C)N[C@H](c2ccc(N(C)C)cc2)C(C(=O)OCC)=C1C. The van der Waals surface area contributed by atoms with Crippen molar-refractivity contribution in [1.82, 2.24) is 5.32 Å². The maximum Gasteiger partial charge on any atom is 0.340 e. The first kappa shape index (κ1) is 20.6. The summed E-state index contributed by atoms with van der Waals surface area (Å²) < 4.78 is 10.4. The van der Waals surface area contributed by atoms with Crippen LogP contribution < -0.4 is 10.2 Å². The zero-order valence-electron chi connectivity index (χ0n) is 16.9. The lowest BCUT2D eigenvalue weighted by atomic mass is 9.87. The van der Waals surface area contributed by atoms with Gasteiger partial charge >= 0.3 is 11.9 Å². The lowest BCUT2D eigenvalue weighted by molar-refractivity contribution is -0.139. The summed E-state index contributed by atoms with van der Waals surface area (Å²) in [6.07, 6.45) is 0. The number of ether oxygens (including phenoxy) is 2. The smallest absolute Gasteiger partial charge is 0.340 e. The Balaban J connectivity index is 2.52. The Morgan fingerprint density at radius 2 is 1.56 bits per heavy atom. The molecule has 6 heteroatoms. The van der Waals surface area contributed by atoms with E-state index in [1.54, 1.807) is 20.8 Å². The van der Waals surface area contributed by atoms with Crippen LogP contribution in [0.3, 0.4) is 0 Å². The summed E-state index contributed by atoms with van der Waals surface area (Å²) in [5, 5.41) is 3.30. The monoisotopic (exact) mass is 372 g/mol. The standard InChI is InChI=1S/C21H28N2O4/c1-7-26-20(24)17-13(3)18(21(25)27-8-2)19(22-14(17)4)15-9-11-16(12-10-15)23(5)6/h9-12,19,22H,7-8H2,1-6H3/t19-/m1/s1. The van der Waals surface area contributed by atoms with Crippen LogP contribution in [0.15, 0.2) is 46.7 Å². The predicted octanol–water partition coefficient (Wildman–Crippen LogP) is 3.11. The molecule has 0 unspecified atom stereocenters. The molecule has 0 amide bonds. The Bertz CT molecular complexity index is 776. The molecule has 1 aromatic carbocycles. The maximum absolute atomic E-state index is 12.7. The van der Waals surface area contributed by atoms with E-state index in [0.29, 0.717) is 22.4 Å². The van der Waals surface area contributed by atoms with E-state index in [4.69, 9.17) is 9.47 Å². The minimum absolute atomic E-state index is 0.263. The number of nitrogens with zero attached hydrogens (tertiary/aromatic N) is 1. The number of nitrogens with one attached hydrogen (secondary N) is 1. The third-order valence-corrected chi connectivity index (χ3v) is 4.52. The van der Waals surface area contributed by atoms with Gasteiger partial charge in [0.15, 0.2) is 0 Å². The van der Waals surface area contributed by atoms with Crippen molar-refractivity contribution in [2.45, 2.75) is 33.7 Å². The van der Waals surface area contributed by atoms with Gasteiger partial charge in [0, 0.05) is 25.5 Å². The van der Waals surface area contributed by atoms with Gasteiger partial charge in [-0.05, 0) is 51.0 Å². The van der Waals surface area contributed by atoms with E-state index in [-0.39, 0.29) is 13.2 Å².